The molecular formula is C28H33Cl3N6. The predicted molar refractivity (Wildman–Crippen MR) is 159 cm³/mol. The van der Waals surface area contributed by atoms with Crippen LogP contribution in [0.15, 0.2) is 60.7 Å². The maximum atomic E-state index is 5.98. The highest BCUT2D eigenvalue weighted by Crippen LogP contribution is 2.22. The normalized spacial score (nSPS) is 16.6. The molecule has 4 heterocycles. The second kappa shape index (κ2) is 13.6. The van der Waals surface area contributed by atoms with Crippen LogP contribution >= 0.6 is 34.8 Å². The third-order valence-corrected chi connectivity index (χ3v) is 7.10. The number of benzene rings is 2. The minimum absolute atomic E-state index is 0.504. The fraction of sp³-hybridized carbons (Fsp3) is 0.357. The van der Waals surface area contributed by atoms with Crippen molar-refractivity contribution in [3.8, 4) is 0 Å². The lowest BCUT2D eigenvalue weighted by molar-refractivity contribution is 0.291. The van der Waals surface area contributed by atoms with Gasteiger partial charge in [0.25, 0.3) is 0 Å². The molecule has 2 aliphatic heterocycles. The van der Waals surface area contributed by atoms with Crippen molar-refractivity contribution in [1.29, 1.82) is 0 Å². The molecule has 0 amide bonds. The molecule has 1 N–H and O–H groups in total. The Morgan fingerprint density at radius 1 is 0.622 bits per heavy atom. The molecule has 2 fully saturated rings. The number of hydrogen-bond donors (Lipinski definition) is 1. The van der Waals surface area contributed by atoms with Crippen molar-refractivity contribution < 1.29 is 0 Å². The Balaban J connectivity index is 0.000000144. The van der Waals surface area contributed by atoms with Gasteiger partial charge in [-0.3, -0.25) is 0 Å². The van der Waals surface area contributed by atoms with Crippen LogP contribution in [0.5, 0.6) is 0 Å². The molecule has 0 saturated carbocycles. The van der Waals surface area contributed by atoms with Crippen LogP contribution in [0.1, 0.15) is 0 Å². The first-order chi connectivity index (χ1) is 17.9. The van der Waals surface area contributed by atoms with Crippen LogP contribution in [0.3, 0.4) is 0 Å². The molecule has 0 unspecified atom stereocenters. The van der Waals surface area contributed by atoms with Gasteiger partial charge in [0.05, 0.1) is 11.0 Å². The maximum Gasteiger partial charge on any atom is 0.129 e. The second-order valence-corrected chi connectivity index (χ2v) is 10.6. The van der Waals surface area contributed by atoms with Crippen LogP contribution in [-0.2, 0) is 0 Å². The summed E-state index contributed by atoms with van der Waals surface area (Å²) in [5.74, 6) is 1.07. The van der Waals surface area contributed by atoms with Gasteiger partial charge in [0.15, 0.2) is 0 Å². The van der Waals surface area contributed by atoms with E-state index in [1.807, 2.05) is 36.4 Å². The number of rotatable bonds is 1. The van der Waals surface area contributed by atoms with Gasteiger partial charge < -0.3 is 20.0 Å². The van der Waals surface area contributed by atoms with Crippen molar-refractivity contribution in [1.82, 2.24) is 25.1 Å². The highest BCUT2D eigenvalue weighted by Gasteiger charge is 2.15. The third kappa shape index (κ3) is 8.40. The molecule has 0 spiro atoms. The van der Waals surface area contributed by atoms with Gasteiger partial charge in [0.1, 0.15) is 11.0 Å². The molecule has 2 aromatic heterocycles. The maximum absolute atomic E-state index is 5.98. The van der Waals surface area contributed by atoms with Crippen molar-refractivity contribution in [2.75, 3.05) is 71.4 Å². The van der Waals surface area contributed by atoms with Gasteiger partial charge in [-0.25, -0.2) is 9.97 Å². The van der Waals surface area contributed by atoms with E-state index in [1.165, 1.54) is 13.1 Å². The molecule has 0 radical (unpaired) electrons. The van der Waals surface area contributed by atoms with Gasteiger partial charge in [-0.1, -0.05) is 34.8 Å². The van der Waals surface area contributed by atoms with Crippen LogP contribution in [0.25, 0.3) is 21.8 Å². The van der Waals surface area contributed by atoms with Gasteiger partial charge in [-0.15, -0.1) is 0 Å². The molecule has 196 valence electrons. The SMILES string of the molecule is CN1CCN(c2ccc3cc(Cl)ccc3n2)CC1.CN1CCNCC1.Clc1ccc2nc(Cl)ccc2c1. The van der Waals surface area contributed by atoms with Crippen LogP contribution in [0.2, 0.25) is 15.2 Å². The first-order valence-electron chi connectivity index (χ1n) is 12.5. The number of likely N-dealkylation sites (N-methyl/N-ethyl adjacent to an activating group) is 2. The molecule has 37 heavy (non-hydrogen) atoms. The monoisotopic (exact) mass is 558 g/mol. The summed E-state index contributed by atoms with van der Waals surface area (Å²) < 4.78 is 0. The minimum Gasteiger partial charge on any atom is -0.354 e. The molecule has 4 aromatic rings. The van der Waals surface area contributed by atoms with Crippen LogP contribution in [-0.4, -0.2) is 86.2 Å². The molecule has 2 saturated heterocycles. The van der Waals surface area contributed by atoms with E-state index in [9.17, 15) is 0 Å². The Bertz CT molecular complexity index is 1260. The number of fused-ring (bicyclic) bond motifs is 2. The smallest absolute Gasteiger partial charge is 0.129 e. The molecule has 0 atom stereocenters. The van der Waals surface area contributed by atoms with Crippen molar-refractivity contribution in [3.63, 3.8) is 0 Å². The Morgan fingerprint density at radius 3 is 1.73 bits per heavy atom. The lowest BCUT2D eigenvalue weighted by atomic mass is 10.2. The quantitative estimate of drug-likeness (QED) is 0.302. The Kier molecular flexibility index (Phi) is 10.2. The Labute approximate surface area is 234 Å². The summed E-state index contributed by atoms with van der Waals surface area (Å²) in [6.45, 7) is 9.03. The van der Waals surface area contributed by atoms with Crippen LogP contribution in [0.4, 0.5) is 5.82 Å². The number of anilines is 1. The number of halogens is 3. The second-order valence-electron chi connectivity index (χ2n) is 9.32. The molecule has 0 bridgehead atoms. The molecule has 9 heteroatoms. The van der Waals surface area contributed by atoms with Crippen molar-refractivity contribution in [2.45, 2.75) is 0 Å². The lowest BCUT2D eigenvalue weighted by Gasteiger charge is -2.33. The van der Waals surface area contributed by atoms with Gasteiger partial charge >= 0.3 is 0 Å². The van der Waals surface area contributed by atoms with Gasteiger partial charge in [-0.05, 0) is 74.8 Å². The third-order valence-electron chi connectivity index (χ3n) is 6.42. The standard InChI is InChI=1S/C14H16ClN3.C9H5Cl2N.C5H12N2/c1-17-6-8-18(9-7-17)14-5-2-11-10-12(15)3-4-13(11)16-14;10-7-2-3-8-6(5-7)1-4-9(11)12-8;1-7-4-2-6-3-5-7/h2-5,10H,6-9H2,1H3;1-5H;6H,2-5H2,1H3. The highest BCUT2D eigenvalue weighted by atomic mass is 35.5. The number of pyridine rings is 2. The van der Waals surface area contributed by atoms with Gasteiger partial charge in [0, 0.05) is 73.2 Å². The van der Waals surface area contributed by atoms with Gasteiger partial charge in [-0.2, -0.15) is 0 Å². The Morgan fingerprint density at radius 2 is 1.16 bits per heavy atom. The van der Waals surface area contributed by atoms with E-state index in [2.05, 4.69) is 51.2 Å². The van der Waals surface area contributed by atoms with Crippen molar-refractivity contribution >= 4 is 62.4 Å². The minimum atomic E-state index is 0.504. The average molecular weight is 560 g/mol. The van der Waals surface area contributed by atoms with E-state index in [0.717, 1.165) is 71.9 Å². The van der Waals surface area contributed by atoms with E-state index in [1.54, 1.807) is 12.1 Å². The summed E-state index contributed by atoms with van der Waals surface area (Å²) >= 11 is 17.5. The number of nitrogens with one attached hydrogen (secondary N) is 1. The molecule has 2 aliphatic rings. The van der Waals surface area contributed by atoms with Crippen molar-refractivity contribution in [2.24, 2.45) is 0 Å². The highest BCUT2D eigenvalue weighted by molar-refractivity contribution is 6.32. The van der Waals surface area contributed by atoms with Gasteiger partial charge in [0.2, 0.25) is 0 Å². The molecule has 6 rings (SSSR count). The number of piperazine rings is 2. The summed E-state index contributed by atoms with van der Waals surface area (Å²) in [7, 11) is 4.31. The van der Waals surface area contributed by atoms with Crippen LogP contribution in [0, 0.1) is 0 Å². The van der Waals surface area contributed by atoms with E-state index < -0.39 is 0 Å². The van der Waals surface area contributed by atoms with E-state index in [4.69, 9.17) is 39.8 Å². The topological polar surface area (TPSA) is 47.5 Å². The van der Waals surface area contributed by atoms with E-state index in [0.29, 0.717) is 10.2 Å². The van der Waals surface area contributed by atoms with Crippen LogP contribution < -0.4 is 10.2 Å². The lowest BCUT2D eigenvalue weighted by Crippen LogP contribution is -2.44. The van der Waals surface area contributed by atoms with E-state index >= 15 is 0 Å². The summed E-state index contributed by atoms with van der Waals surface area (Å²) in [4.78, 5) is 15.9. The first-order valence-corrected chi connectivity index (χ1v) is 13.6. The molecular weight excluding hydrogens is 527 g/mol. The average Bonchev–Trinajstić information content (AvgIpc) is 2.90. The van der Waals surface area contributed by atoms with E-state index in [-0.39, 0.29) is 0 Å². The summed E-state index contributed by atoms with van der Waals surface area (Å²) in [6, 6.07) is 19.2. The summed E-state index contributed by atoms with van der Waals surface area (Å²) in [5.41, 5.74) is 1.88. The largest absolute Gasteiger partial charge is 0.354 e. The number of nitrogens with zero attached hydrogens (tertiary/aromatic N) is 5. The number of aromatic nitrogens is 2. The first kappa shape index (κ1) is 27.8. The number of hydrogen-bond acceptors (Lipinski definition) is 6. The zero-order valence-corrected chi connectivity index (χ0v) is 23.6. The Hall–Kier alpha value is -2.19. The fourth-order valence-corrected chi connectivity index (χ4v) is 4.66. The zero-order valence-electron chi connectivity index (χ0n) is 21.3. The molecule has 6 nitrogen and oxygen atoms in total. The van der Waals surface area contributed by atoms with Crippen molar-refractivity contribution in [3.05, 3.63) is 75.9 Å². The molecule has 0 aliphatic carbocycles. The summed E-state index contributed by atoms with van der Waals surface area (Å²) in [6.07, 6.45) is 0. The zero-order chi connectivity index (χ0) is 26.2. The fourth-order valence-electron chi connectivity index (χ4n) is 4.15. The molecule has 2 aromatic carbocycles. The summed E-state index contributed by atoms with van der Waals surface area (Å²) in [5, 5.41) is 7.36. The predicted octanol–water partition coefficient (Wildman–Crippen LogP) is 5.70.